The van der Waals surface area contributed by atoms with Crippen molar-refractivity contribution in [2.24, 2.45) is 5.41 Å². The second-order valence-electron chi connectivity index (χ2n) is 5.37. The quantitative estimate of drug-likeness (QED) is 0.841. The Morgan fingerprint density at radius 1 is 1.17 bits per heavy atom. The minimum atomic E-state index is -0.150. The topological polar surface area (TPSA) is 49.4 Å². The van der Waals surface area contributed by atoms with Gasteiger partial charge in [-0.15, -0.1) is 0 Å². The lowest BCUT2D eigenvalue weighted by atomic mass is 9.86. The van der Waals surface area contributed by atoms with Crippen LogP contribution in [0.25, 0.3) is 0 Å². The summed E-state index contributed by atoms with van der Waals surface area (Å²) in [6.45, 7) is 1.98. The molecule has 94 valence electrons. The molecule has 1 aromatic rings. The van der Waals surface area contributed by atoms with Gasteiger partial charge in [0.1, 0.15) is 0 Å². The van der Waals surface area contributed by atoms with Crippen LogP contribution in [0.4, 0.5) is 0 Å². The summed E-state index contributed by atoms with van der Waals surface area (Å²) >= 11 is 0. The van der Waals surface area contributed by atoms with Crippen molar-refractivity contribution in [2.75, 3.05) is 13.1 Å². The molecule has 0 aliphatic carbocycles. The molecule has 18 heavy (non-hydrogen) atoms. The number of likely N-dealkylation sites (tertiary alicyclic amines) is 1. The first-order valence-electron chi connectivity index (χ1n) is 6.25. The molecule has 3 rings (SSSR count). The molecule has 0 radical (unpaired) electrons. The number of hydrogen-bond acceptors (Lipinski definition) is 2. The summed E-state index contributed by atoms with van der Waals surface area (Å²) in [6.07, 6.45) is 0.989. The van der Waals surface area contributed by atoms with E-state index in [1.54, 1.807) is 0 Å². The second-order valence-corrected chi connectivity index (χ2v) is 5.37. The largest absolute Gasteiger partial charge is 0.355 e. The first-order chi connectivity index (χ1) is 8.67. The molecular weight excluding hydrogens is 228 g/mol. The van der Waals surface area contributed by atoms with Crippen LogP contribution in [-0.4, -0.2) is 29.8 Å². The van der Waals surface area contributed by atoms with E-state index in [9.17, 15) is 9.59 Å². The SMILES string of the molecule is O=C1C[C@@]2(CN1)CC(=O)N(Cc1ccccc1)C2. The minimum absolute atomic E-state index is 0.0735. The van der Waals surface area contributed by atoms with Gasteiger partial charge in [0.2, 0.25) is 11.8 Å². The number of carbonyl (C=O) groups excluding carboxylic acids is 2. The predicted octanol–water partition coefficient (Wildman–Crippen LogP) is 0.925. The zero-order valence-electron chi connectivity index (χ0n) is 10.2. The van der Waals surface area contributed by atoms with Gasteiger partial charge in [-0.05, 0) is 5.56 Å². The Bertz CT molecular complexity index is 486. The minimum Gasteiger partial charge on any atom is -0.355 e. The number of rotatable bonds is 2. The molecular formula is C14H16N2O2. The molecule has 2 heterocycles. The summed E-state index contributed by atoms with van der Waals surface area (Å²) in [6, 6.07) is 9.97. The molecule has 4 nitrogen and oxygen atoms in total. The van der Waals surface area contributed by atoms with Crippen molar-refractivity contribution in [2.45, 2.75) is 19.4 Å². The maximum absolute atomic E-state index is 12.0. The summed E-state index contributed by atoms with van der Waals surface area (Å²) in [5.41, 5.74) is 0.989. The van der Waals surface area contributed by atoms with E-state index in [1.165, 1.54) is 0 Å². The van der Waals surface area contributed by atoms with E-state index in [4.69, 9.17) is 0 Å². The van der Waals surface area contributed by atoms with Gasteiger partial charge < -0.3 is 10.2 Å². The maximum atomic E-state index is 12.0. The van der Waals surface area contributed by atoms with Crippen LogP contribution >= 0.6 is 0 Å². The van der Waals surface area contributed by atoms with E-state index >= 15 is 0 Å². The Morgan fingerprint density at radius 3 is 2.61 bits per heavy atom. The van der Waals surface area contributed by atoms with Crippen molar-refractivity contribution < 1.29 is 9.59 Å². The number of nitrogens with one attached hydrogen (secondary N) is 1. The van der Waals surface area contributed by atoms with E-state index in [2.05, 4.69) is 5.32 Å². The van der Waals surface area contributed by atoms with Crippen LogP contribution in [0, 0.1) is 5.41 Å². The van der Waals surface area contributed by atoms with Gasteiger partial charge >= 0.3 is 0 Å². The number of benzene rings is 1. The van der Waals surface area contributed by atoms with Gasteiger partial charge in [0.25, 0.3) is 0 Å². The van der Waals surface area contributed by atoms with Crippen molar-refractivity contribution in [3.63, 3.8) is 0 Å². The third kappa shape index (κ3) is 1.98. The van der Waals surface area contributed by atoms with Crippen molar-refractivity contribution in [3.05, 3.63) is 35.9 Å². The number of hydrogen-bond donors (Lipinski definition) is 1. The van der Waals surface area contributed by atoms with Gasteiger partial charge in [-0.1, -0.05) is 30.3 Å². The highest BCUT2D eigenvalue weighted by atomic mass is 16.2. The third-order valence-corrected chi connectivity index (χ3v) is 3.82. The molecule has 0 bridgehead atoms. The predicted molar refractivity (Wildman–Crippen MR) is 66.5 cm³/mol. The highest BCUT2D eigenvalue weighted by Gasteiger charge is 2.47. The zero-order chi connectivity index (χ0) is 12.6. The van der Waals surface area contributed by atoms with E-state index in [0.717, 1.165) is 5.56 Å². The summed E-state index contributed by atoms with van der Waals surface area (Å²) in [4.78, 5) is 25.2. The first kappa shape index (κ1) is 11.3. The molecule has 2 aliphatic rings. The van der Waals surface area contributed by atoms with E-state index < -0.39 is 0 Å². The molecule has 0 aromatic heterocycles. The highest BCUT2D eigenvalue weighted by Crippen LogP contribution is 2.37. The third-order valence-electron chi connectivity index (χ3n) is 3.82. The van der Waals surface area contributed by atoms with Crippen LogP contribution in [0.5, 0.6) is 0 Å². The van der Waals surface area contributed by atoms with Crippen molar-refractivity contribution in [3.8, 4) is 0 Å². The Morgan fingerprint density at radius 2 is 1.94 bits per heavy atom. The maximum Gasteiger partial charge on any atom is 0.223 e. The van der Waals surface area contributed by atoms with Crippen LogP contribution in [-0.2, 0) is 16.1 Å². The van der Waals surface area contributed by atoms with Gasteiger partial charge in [-0.25, -0.2) is 0 Å². The smallest absolute Gasteiger partial charge is 0.223 e. The van der Waals surface area contributed by atoms with E-state index in [0.29, 0.717) is 32.5 Å². The number of amides is 2. The molecule has 0 unspecified atom stereocenters. The highest BCUT2D eigenvalue weighted by molar-refractivity contribution is 5.85. The van der Waals surface area contributed by atoms with Crippen molar-refractivity contribution in [1.29, 1.82) is 0 Å². The molecule has 4 heteroatoms. The van der Waals surface area contributed by atoms with Crippen molar-refractivity contribution in [1.82, 2.24) is 10.2 Å². The molecule has 2 aliphatic heterocycles. The molecule has 1 atom stereocenters. The number of carbonyl (C=O) groups is 2. The molecule has 0 saturated carbocycles. The molecule has 1 N–H and O–H groups in total. The van der Waals surface area contributed by atoms with Gasteiger partial charge in [-0.2, -0.15) is 0 Å². The standard InChI is InChI=1S/C14H16N2O2/c17-12-6-14(9-15-12)7-13(18)16(10-14)8-11-4-2-1-3-5-11/h1-5H,6-10H2,(H,15,17)/t14-/m0/s1. The first-order valence-corrected chi connectivity index (χ1v) is 6.25. The average Bonchev–Trinajstić information content (AvgIpc) is 2.85. The second kappa shape index (κ2) is 4.12. The summed E-state index contributed by atoms with van der Waals surface area (Å²) < 4.78 is 0. The molecule has 1 spiro atoms. The summed E-state index contributed by atoms with van der Waals surface area (Å²) in [7, 11) is 0. The normalized spacial score (nSPS) is 27.0. The van der Waals surface area contributed by atoms with E-state index in [-0.39, 0.29) is 17.2 Å². The average molecular weight is 244 g/mol. The fourth-order valence-electron chi connectivity index (χ4n) is 2.92. The van der Waals surface area contributed by atoms with Crippen LogP contribution in [0.15, 0.2) is 30.3 Å². The van der Waals surface area contributed by atoms with E-state index in [1.807, 2.05) is 35.2 Å². The van der Waals surface area contributed by atoms with Gasteiger partial charge in [0.05, 0.1) is 0 Å². The number of nitrogens with zero attached hydrogens (tertiary/aromatic N) is 1. The molecule has 1 aromatic carbocycles. The van der Waals surface area contributed by atoms with Crippen LogP contribution in [0.2, 0.25) is 0 Å². The van der Waals surface area contributed by atoms with Crippen LogP contribution in [0.3, 0.4) is 0 Å². The summed E-state index contributed by atoms with van der Waals surface area (Å²) in [5.74, 6) is 0.236. The lowest BCUT2D eigenvalue weighted by Crippen LogP contribution is -2.29. The Balaban J connectivity index is 1.72. The summed E-state index contributed by atoms with van der Waals surface area (Å²) in [5, 5.41) is 2.84. The molecule has 2 amide bonds. The van der Waals surface area contributed by atoms with Crippen LogP contribution in [0.1, 0.15) is 18.4 Å². The van der Waals surface area contributed by atoms with Gasteiger partial charge in [0.15, 0.2) is 0 Å². The monoisotopic (exact) mass is 244 g/mol. The zero-order valence-corrected chi connectivity index (χ0v) is 10.2. The Hall–Kier alpha value is -1.84. The van der Waals surface area contributed by atoms with Crippen molar-refractivity contribution >= 4 is 11.8 Å². The fourth-order valence-corrected chi connectivity index (χ4v) is 2.92. The Labute approximate surface area is 106 Å². The van der Waals surface area contributed by atoms with Crippen LogP contribution < -0.4 is 5.32 Å². The lowest BCUT2D eigenvalue weighted by Gasteiger charge is -2.21. The van der Waals surface area contributed by atoms with Gasteiger partial charge in [-0.3, -0.25) is 9.59 Å². The van der Waals surface area contributed by atoms with Gasteiger partial charge in [0, 0.05) is 37.9 Å². The Kier molecular flexibility index (Phi) is 2.58. The lowest BCUT2D eigenvalue weighted by molar-refractivity contribution is -0.128. The molecule has 2 fully saturated rings. The molecule has 2 saturated heterocycles. The fraction of sp³-hybridized carbons (Fsp3) is 0.429.